The number of rotatable bonds is 6. The number of nitrogens with zero attached hydrogens (tertiary/aromatic N) is 4. The topological polar surface area (TPSA) is 69.2 Å². The molecule has 0 spiro atoms. The minimum atomic E-state index is 0.451. The standard InChI is InChI=1S/C12H21N5O/c1-18-10-11-2-4-16(5-3-11)6-7-17-9-12(8-13)14-15-17/h2,9H,3-8,10,13H2,1H3. The maximum atomic E-state index is 5.50. The molecule has 1 aromatic heterocycles. The second-order valence-electron chi connectivity index (χ2n) is 4.52. The summed E-state index contributed by atoms with van der Waals surface area (Å²) in [4.78, 5) is 2.41. The van der Waals surface area contributed by atoms with Crippen LogP contribution in [0.1, 0.15) is 12.1 Å². The van der Waals surface area contributed by atoms with Crippen LogP contribution in [0.5, 0.6) is 0 Å². The zero-order chi connectivity index (χ0) is 12.8. The molecule has 6 heteroatoms. The molecule has 18 heavy (non-hydrogen) atoms. The van der Waals surface area contributed by atoms with E-state index in [9.17, 15) is 0 Å². The van der Waals surface area contributed by atoms with Gasteiger partial charge in [-0.1, -0.05) is 11.3 Å². The van der Waals surface area contributed by atoms with E-state index in [1.807, 2.05) is 10.9 Å². The average Bonchev–Trinajstić information content (AvgIpc) is 2.86. The largest absolute Gasteiger partial charge is 0.380 e. The summed E-state index contributed by atoms with van der Waals surface area (Å²) in [5.41, 5.74) is 7.75. The monoisotopic (exact) mass is 251 g/mol. The molecular weight excluding hydrogens is 230 g/mol. The molecule has 2 N–H and O–H groups in total. The van der Waals surface area contributed by atoms with Crippen molar-refractivity contribution in [1.29, 1.82) is 0 Å². The number of ether oxygens (including phenoxy) is 1. The van der Waals surface area contributed by atoms with Gasteiger partial charge < -0.3 is 10.5 Å². The van der Waals surface area contributed by atoms with Crippen LogP contribution in [0.15, 0.2) is 17.8 Å². The number of hydrogen-bond donors (Lipinski definition) is 1. The molecular formula is C12H21N5O. The molecule has 0 amide bonds. The van der Waals surface area contributed by atoms with Crippen molar-refractivity contribution in [3.05, 3.63) is 23.5 Å². The van der Waals surface area contributed by atoms with E-state index < -0.39 is 0 Å². The first-order valence-electron chi connectivity index (χ1n) is 6.30. The van der Waals surface area contributed by atoms with Crippen LogP contribution in [-0.2, 0) is 17.8 Å². The summed E-state index contributed by atoms with van der Waals surface area (Å²) in [5.74, 6) is 0. The summed E-state index contributed by atoms with van der Waals surface area (Å²) in [7, 11) is 1.74. The Morgan fingerprint density at radius 2 is 2.33 bits per heavy atom. The molecule has 1 aliphatic rings. The van der Waals surface area contributed by atoms with E-state index in [0.29, 0.717) is 6.54 Å². The van der Waals surface area contributed by atoms with E-state index in [1.165, 1.54) is 5.57 Å². The van der Waals surface area contributed by atoms with Gasteiger partial charge in [0.1, 0.15) is 0 Å². The fourth-order valence-electron chi connectivity index (χ4n) is 2.06. The highest BCUT2D eigenvalue weighted by atomic mass is 16.5. The van der Waals surface area contributed by atoms with Gasteiger partial charge >= 0.3 is 0 Å². The molecule has 0 unspecified atom stereocenters. The number of methoxy groups -OCH3 is 1. The molecule has 1 aromatic rings. The Balaban J connectivity index is 1.75. The summed E-state index contributed by atoms with van der Waals surface area (Å²) in [6.07, 6.45) is 5.27. The fraction of sp³-hybridized carbons (Fsp3) is 0.667. The lowest BCUT2D eigenvalue weighted by atomic mass is 10.1. The van der Waals surface area contributed by atoms with Gasteiger partial charge in [-0.3, -0.25) is 9.58 Å². The summed E-state index contributed by atoms with van der Waals surface area (Å²) in [5, 5.41) is 8.02. The van der Waals surface area contributed by atoms with Crippen molar-refractivity contribution < 1.29 is 4.74 Å². The second kappa shape index (κ2) is 6.63. The zero-order valence-corrected chi connectivity index (χ0v) is 10.9. The van der Waals surface area contributed by atoms with Crippen LogP contribution in [0.4, 0.5) is 0 Å². The third-order valence-electron chi connectivity index (χ3n) is 3.16. The maximum absolute atomic E-state index is 5.50. The van der Waals surface area contributed by atoms with Crippen molar-refractivity contribution in [1.82, 2.24) is 19.9 Å². The van der Waals surface area contributed by atoms with Crippen molar-refractivity contribution in [2.45, 2.75) is 19.5 Å². The lowest BCUT2D eigenvalue weighted by Gasteiger charge is -2.25. The molecule has 1 aliphatic heterocycles. The highest BCUT2D eigenvalue weighted by Crippen LogP contribution is 2.10. The van der Waals surface area contributed by atoms with Gasteiger partial charge in [0.15, 0.2) is 0 Å². The van der Waals surface area contributed by atoms with Gasteiger partial charge in [-0.2, -0.15) is 0 Å². The van der Waals surface area contributed by atoms with Gasteiger partial charge in [0.25, 0.3) is 0 Å². The first-order valence-corrected chi connectivity index (χ1v) is 6.30. The van der Waals surface area contributed by atoms with E-state index in [0.717, 1.165) is 44.9 Å². The molecule has 0 saturated carbocycles. The quantitative estimate of drug-likeness (QED) is 0.722. The molecule has 100 valence electrons. The Kier molecular flexibility index (Phi) is 4.86. The molecule has 0 aliphatic carbocycles. The molecule has 2 rings (SSSR count). The van der Waals surface area contributed by atoms with Crippen LogP contribution >= 0.6 is 0 Å². The Morgan fingerprint density at radius 1 is 1.44 bits per heavy atom. The van der Waals surface area contributed by atoms with Crippen LogP contribution in [-0.4, -0.2) is 53.2 Å². The van der Waals surface area contributed by atoms with Gasteiger partial charge in [-0.15, -0.1) is 5.10 Å². The van der Waals surface area contributed by atoms with Crippen LogP contribution in [0, 0.1) is 0 Å². The average molecular weight is 251 g/mol. The summed E-state index contributed by atoms with van der Waals surface area (Å²) in [6, 6.07) is 0. The number of hydrogen-bond acceptors (Lipinski definition) is 5. The molecule has 0 fully saturated rings. The van der Waals surface area contributed by atoms with Gasteiger partial charge in [-0.05, 0) is 12.0 Å². The van der Waals surface area contributed by atoms with Crippen molar-refractivity contribution in [3.63, 3.8) is 0 Å². The maximum Gasteiger partial charge on any atom is 0.0962 e. The Morgan fingerprint density at radius 3 is 2.94 bits per heavy atom. The summed E-state index contributed by atoms with van der Waals surface area (Å²) >= 11 is 0. The second-order valence-corrected chi connectivity index (χ2v) is 4.52. The third-order valence-corrected chi connectivity index (χ3v) is 3.16. The van der Waals surface area contributed by atoms with E-state index in [4.69, 9.17) is 10.5 Å². The first kappa shape index (κ1) is 13.2. The lowest BCUT2D eigenvalue weighted by molar-refractivity contribution is 0.209. The van der Waals surface area contributed by atoms with Crippen LogP contribution in [0.25, 0.3) is 0 Å². The molecule has 0 bridgehead atoms. The molecule has 2 heterocycles. The smallest absolute Gasteiger partial charge is 0.0962 e. The first-order chi connectivity index (χ1) is 8.81. The van der Waals surface area contributed by atoms with Gasteiger partial charge in [0, 0.05) is 39.5 Å². The van der Waals surface area contributed by atoms with Crippen molar-refractivity contribution in [2.75, 3.05) is 33.4 Å². The summed E-state index contributed by atoms with van der Waals surface area (Å²) < 4.78 is 7.00. The Hall–Kier alpha value is -1.24. The summed E-state index contributed by atoms with van der Waals surface area (Å²) in [6.45, 7) is 5.15. The van der Waals surface area contributed by atoms with Gasteiger partial charge in [0.2, 0.25) is 0 Å². The van der Waals surface area contributed by atoms with E-state index in [-0.39, 0.29) is 0 Å². The molecule has 6 nitrogen and oxygen atoms in total. The molecule has 0 atom stereocenters. The molecule has 0 radical (unpaired) electrons. The minimum Gasteiger partial charge on any atom is -0.380 e. The normalized spacial score (nSPS) is 16.9. The van der Waals surface area contributed by atoms with E-state index in [2.05, 4.69) is 21.3 Å². The third kappa shape index (κ3) is 3.63. The van der Waals surface area contributed by atoms with Crippen molar-refractivity contribution in [2.24, 2.45) is 5.73 Å². The van der Waals surface area contributed by atoms with Crippen molar-refractivity contribution in [3.8, 4) is 0 Å². The van der Waals surface area contributed by atoms with Gasteiger partial charge in [0.05, 0.1) is 18.8 Å². The molecule has 0 saturated heterocycles. The number of aromatic nitrogens is 3. The molecule has 0 aromatic carbocycles. The SMILES string of the molecule is COCC1=CCN(CCn2cc(CN)nn2)CC1. The minimum absolute atomic E-state index is 0.451. The van der Waals surface area contributed by atoms with Crippen LogP contribution in [0.3, 0.4) is 0 Å². The fourth-order valence-corrected chi connectivity index (χ4v) is 2.06. The zero-order valence-electron chi connectivity index (χ0n) is 10.9. The lowest BCUT2D eigenvalue weighted by Crippen LogP contribution is -2.32. The number of nitrogens with two attached hydrogens (primary N) is 1. The van der Waals surface area contributed by atoms with Crippen molar-refractivity contribution >= 4 is 0 Å². The Labute approximate surface area is 107 Å². The predicted octanol–water partition coefficient (Wildman–Crippen LogP) is 0.0153. The Bertz CT molecular complexity index is 401. The van der Waals surface area contributed by atoms with Gasteiger partial charge in [-0.25, -0.2) is 0 Å². The predicted molar refractivity (Wildman–Crippen MR) is 68.9 cm³/mol. The van der Waals surface area contributed by atoms with E-state index >= 15 is 0 Å². The van der Waals surface area contributed by atoms with E-state index in [1.54, 1.807) is 7.11 Å². The highest BCUT2D eigenvalue weighted by molar-refractivity contribution is 5.07. The van der Waals surface area contributed by atoms with Crippen LogP contribution < -0.4 is 5.73 Å². The van der Waals surface area contributed by atoms with Crippen LogP contribution in [0.2, 0.25) is 0 Å². The highest BCUT2D eigenvalue weighted by Gasteiger charge is 2.11.